The number of aromatic nitrogens is 2. The van der Waals surface area contributed by atoms with Gasteiger partial charge in [0.2, 0.25) is 0 Å². The first-order chi connectivity index (χ1) is 28.8. The quantitative estimate of drug-likeness (QED) is 0.180. The molecule has 0 aliphatic carbocycles. The lowest BCUT2D eigenvalue weighted by atomic mass is 9.95. The number of furan rings is 2. The summed E-state index contributed by atoms with van der Waals surface area (Å²) in [6, 6.07) is 69.6. The number of nitrogens with zero attached hydrogens (tertiary/aromatic N) is 2. The zero-order chi connectivity index (χ0) is 37.9. The number of hydrogen-bond acceptors (Lipinski definition) is 2. The third-order valence-electron chi connectivity index (χ3n) is 12.1. The van der Waals surface area contributed by atoms with E-state index in [0.29, 0.717) is 0 Å². The normalized spacial score (nSPS) is 12.1. The minimum Gasteiger partial charge on any atom is -0.456 e. The van der Waals surface area contributed by atoms with Crippen LogP contribution in [-0.4, -0.2) is 9.13 Å². The molecule has 0 atom stereocenters. The second kappa shape index (κ2) is 11.8. The summed E-state index contributed by atoms with van der Waals surface area (Å²) in [6.07, 6.45) is 0. The summed E-state index contributed by atoms with van der Waals surface area (Å²) in [5.74, 6) is 0. The van der Waals surface area contributed by atoms with Gasteiger partial charge in [0.1, 0.15) is 22.3 Å². The van der Waals surface area contributed by atoms with Gasteiger partial charge >= 0.3 is 0 Å². The maximum absolute atomic E-state index is 6.40. The maximum atomic E-state index is 6.40. The molecule has 0 amide bonds. The van der Waals surface area contributed by atoms with Crippen LogP contribution >= 0.6 is 0 Å². The fraction of sp³-hybridized carbons (Fsp3) is 0. The molecule has 4 heteroatoms. The lowest BCUT2D eigenvalue weighted by Gasteiger charge is -2.11. The van der Waals surface area contributed by atoms with Crippen molar-refractivity contribution in [1.29, 1.82) is 0 Å². The Hall–Kier alpha value is -7.82. The average Bonchev–Trinajstić information content (AvgIpc) is 4.03. The Bertz CT molecular complexity index is 3800. The van der Waals surface area contributed by atoms with Crippen molar-refractivity contribution in [3.8, 4) is 33.6 Å². The van der Waals surface area contributed by atoms with Gasteiger partial charge in [0.05, 0.1) is 22.1 Å². The van der Waals surface area contributed by atoms with Crippen molar-refractivity contribution in [2.24, 2.45) is 0 Å². The molecule has 9 aromatic carbocycles. The molecule has 0 aliphatic rings. The Morgan fingerprint density at radius 1 is 0.276 bits per heavy atom. The van der Waals surface area contributed by atoms with Crippen LogP contribution in [0, 0.1) is 0 Å². The van der Waals surface area contributed by atoms with Gasteiger partial charge in [0.25, 0.3) is 0 Å². The molecule has 4 aromatic heterocycles. The molecule has 0 aliphatic heterocycles. The predicted molar refractivity (Wildman–Crippen MR) is 241 cm³/mol. The van der Waals surface area contributed by atoms with Gasteiger partial charge in [-0.3, -0.25) is 0 Å². The molecular weight excluding hydrogens is 709 g/mol. The van der Waals surface area contributed by atoms with Crippen LogP contribution in [0.4, 0.5) is 0 Å². The predicted octanol–water partition coefficient (Wildman–Crippen LogP) is 15.0. The van der Waals surface area contributed by atoms with Crippen LogP contribution in [0.25, 0.3) is 121 Å². The van der Waals surface area contributed by atoms with Gasteiger partial charge in [-0.1, -0.05) is 115 Å². The Morgan fingerprint density at radius 3 is 1.33 bits per heavy atom. The van der Waals surface area contributed by atoms with Crippen LogP contribution in [0.3, 0.4) is 0 Å². The molecule has 58 heavy (non-hydrogen) atoms. The van der Waals surface area contributed by atoms with E-state index in [1.807, 2.05) is 12.1 Å². The van der Waals surface area contributed by atoms with Gasteiger partial charge in [0, 0.05) is 54.5 Å². The summed E-state index contributed by atoms with van der Waals surface area (Å²) in [5.41, 5.74) is 15.2. The molecular formula is C54H32N2O2. The van der Waals surface area contributed by atoms with E-state index in [4.69, 9.17) is 8.83 Å². The Balaban J connectivity index is 1.04. The van der Waals surface area contributed by atoms with Crippen LogP contribution in [-0.2, 0) is 0 Å². The Labute approximate surface area is 332 Å². The second-order valence-corrected chi connectivity index (χ2v) is 15.2. The molecule has 0 saturated carbocycles. The maximum Gasteiger partial charge on any atom is 0.135 e. The van der Waals surface area contributed by atoms with Gasteiger partial charge < -0.3 is 18.0 Å². The molecule has 0 saturated heterocycles. The molecule has 0 unspecified atom stereocenters. The molecule has 13 aromatic rings. The van der Waals surface area contributed by atoms with Crippen molar-refractivity contribution >= 4 is 87.5 Å². The molecule has 0 spiro atoms. The Kier molecular flexibility index (Phi) is 6.41. The van der Waals surface area contributed by atoms with Crippen LogP contribution < -0.4 is 0 Å². The van der Waals surface area contributed by atoms with Crippen LogP contribution in [0.15, 0.2) is 203 Å². The van der Waals surface area contributed by atoms with Crippen molar-refractivity contribution < 1.29 is 8.83 Å². The summed E-state index contributed by atoms with van der Waals surface area (Å²) in [6.45, 7) is 0. The first-order valence-electron chi connectivity index (χ1n) is 19.8. The van der Waals surface area contributed by atoms with E-state index in [0.717, 1.165) is 66.3 Å². The molecule has 0 radical (unpaired) electrons. The summed E-state index contributed by atoms with van der Waals surface area (Å²) in [4.78, 5) is 0. The molecule has 4 heterocycles. The highest BCUT2D eigenvalue weighted by atomic mass is 16.3. The third kappa shape index (κ3) is 4.40. The van der Waals surface area contributed by atoms with E-state index in [-0.39, 0.29) is 0 Å². The number of para-hydroxylation sites is 3. The number of hydrogen-bond donors (Lipinski definition) is 0. The van der Waals surface area contributed by atoms with Crippen molar-refractivity contribution in [2.75, 3.05) is 0 Å². The summed E-state index contributed by atoms with van der Waals surface area (Å²) < 4.78 is 17.5. The topological polar surface area (TPSA) is 36.1 Å². The highest BCUT2D eigenvalue weighted by molar-refractivity contribution is 6.22. The zero-order valence-corrected chi connectivity index (χ0v) is 31.2. The number of rotatable bonds is 4. The van der Waals surface area contributed by atoms with E-state index in [1.54, 1.807) is 0 Å². The first-order valence-corrected chi connectivity index (χ1v) is 19.8. The number of fused-ring (bicyclic) bond motifs is 12. The van der Waals surface area contributed by atoms with Crippen molar-refractivity contribution in [2.45, 2.75) is 0 Å². The molecule has 4 nitrogen and oxygen atoms in total. The largest absolute Gasteiger partial charge is 0.456 e. The van der Waals surface area contributed by atoms with Crippen molar-refractivity contribution in [1.82, 2.24) is 9.13 Å². The van der Waals surface area contributed by atoms with Crippen LogP contribution in [0.1, 0.15) is 0 Å². The van der Waals surface area contributed by atoms with Crippen LogP contribution in [0.5, 0.6) is 0 Å². The summed E-state index contributed by atoms with van der Waals surface area (Å²) >= 11 is 0. The van der Waals surface area contributed by atoms with E-state index in [9.17, 15) is 0 Å². The van der Waals surface area contributed by atoms with Gasteiger partial charge in [-0.2, -0.15) is 0 Å². The molecule has 13 rings (SSSR count). The number of benzene rings is 9. The van der Waals surface area contributed by atoms with Crippen LogP contribution in [0.2, 0.25) is 0 Å². The van der Waals surface area contributed by atoms with E-state index in [2.05, 4.69) is 191 Å². The Morgan fingerprint density at radius 2 is 0.724 bits per heavy atom. The van der Waals surface area contributed by atoms with Gasteiger partial charge in [-0.15, -0.1) is 0 Å². The van der Waals surface area contributed by atoms with Crippen molar-refractivity contribution in [3.63, 3.8) is 0 Å². The SMILES string of the molecule is c1ccc(-c2ccc3oc4ccc(-n5c6ccccc6c6c(-c7cccc8c7c7ccccc7n8-c7ccc8oc9ccccc9c8c7)cccc65)cc4c3c2)cc1. The average molecular weight is 741 g/mol. The van der Waals surface area contributed by atoms with Gasteiger partial charge in [-0.05, 0) is 101 Å². The van der Waals surface area contributed by atoms with Gasteiger partial charge in [-0.25, -0.2) is 0 Å². The lowest BCUT2D eigenvalue weighted by Crippen LogP contribution is -1.94. The fourth-order valence-electron chi connectivity index (χ4n) is 9.61. The zero-order valence-electron chi connectivity index (χ0n) is 31.2. The fourth-order valence-corrected chi connectivity index (χ4v) is 9.61. The van der Waals surface area contributed by atoms with Crippen molar-refractivity contribution in [3.05, 3.63) is 194 Å². The smallest absolute Gasteiger partial charge is 0.135 e. The highest BCUT2D eigenvalue weighted by Crippen LogP contribution is 2.45. The first kappa shape index (κ1) is 31.4. The van der Waals surface area contributed by atoms with E-state index in [1.165, 1.54) is 54.8 Å². The minimum atomic E-state index is 0.883. The summed E-state index contributed by atoms with van der Waals surface area (Å²) in [7, 11) is 0. The highest BCUT2D eigenvalue weighted by Gasteiger charge is 2.22. The summed E-state index contributed by atoms with van der Waals surface area (Å²) in [5, 5.41) is 9.37. The minimum absolute atomic E-state index is 0.883. The van der Waals surface area contributed by atoms with E-state index >= 15 is 0 Å². The van der Waals surface area contributed by atoms with Gasteiger partial charge in [0.15, 0.2) is 0 Å². The monoisotopic (exact) mass is 740 g/mol. The standard InChI is InChI=1S/C54H32N2O2/c1-2-12-33(13-3-1)34-24-27-50-42(30-34)44-32-36(26-29-52(44)58-50)56-46-20-8-5-16-41(46)54-39(18-11-22-48(54)56)38-17-10-21-47-53(38)40-15-4-7-19-45(40)55(47)35-25-28-51-43(31-35)37-14-6-9-23-49(37)57-51/h1-32H. The van der Waals surface area contributed by atoms with E-state index < -0.39 is 0 Å². The second-order valence-electron chi connectivity index (χ2n) is 15.2. The molecule has 0 fully saturated rings. The lowest BCUT2D eigenvalue weighted by molar-refractivity contribution is 0.668. The molecule has 0 bridgehead atoms. The third-order valence-corrected chi connectivity index (χ3v) is 12.1. The molecule has 270 valence electrons. The molecule has 0 N–H and O–H groups in total.